The maximum Gasteiger partial charge on any atom is 0.262 e. The molecule has 0 saturated carbocycles. The van der Waals surface area contributed by atoms with E-state index >= 15 is 0 Å². The number of nitrogens with one attached hydrogen (secondary N) is 1. The summed E-state index contributed by atoms with van der Waals surface area (Å²) in [6, 6.07) is 14.2. The van der Waals surface area contributed by atoms with Crippen molar-refractivity contribution in [2.75, 3.05) is 19.0 Å². The van der Waals surface area contributed by atoms with Crippen molar-refractivity contribution in [2.45, 2.75) is 0 Å². The van der Waals surface area contributed by atoms with E-state index in [-0.39, 0.29) is 12.5 Å². The zero-order valence-corrected chi connectivity index (χ0v) is 17.0. The molecule has 1 amide bonds. The van der Waals surface area contributed by atoms with Gasteiger partial charge in [0.1, 0.15) is 17.0 Å². The normalized spacial score (nSPS) is 10.7. The molecule has 2 aromatic carbocycles. The van der Waals surface area contributed by atoms with E-state index in [1.165, 1.54) is 0 Å². The maximum absolute atomic E-state index is 12.2. The first-order valence-electron chi connectivity index (χ1n) is 8.69. The second kappa shape index (κ2) is 8.32. The molecule has 8 heteroatoms. The van der Waals surface area contributed by atoms with Gasteiger partial charge >= 0.3 is 0 Å². The quantitative estimate of drug-likeness (QED) is 0.456. The van der Waals surface area contributed by atoms with Crippen LogP contribution in [0.5, 0.6) is 11.5 Å². The molecule has 0 aliphatic heterocycles. The van der Waals surface area contributed by atoms with Crippen LogP contribution < -0.4 is 14.8 Å². The SMILES string of the molecule is COc1ccc(OCC(=O)Nc2ccc3oc(-c4cncc(Br)c4)nc3c2)cc1. The number of carbonyl (C=O) groups is 1. The molecular formula is C21H16BrN3O4. The van der Waals surface area contributed by atoms with E-state index in [2.05, 4.69) is 31.2 Å². The second-order valence-electron chi connectivity index (χ2n) is 6.11. The number of amides is 1. The van der Waals surface area contributed by atoms with Crippen LogP contribution in [0, 0.1) is 0 Å². The Balaban J connectivity index is 1.43. The summed E-state index contributed by atoms with van der Waals surface area (Å²) in [5, 5.41) is 2.79. The third-order valence-electron chi connectivity index (χ3n) is 4.05. The van der Waals surface area contributed by atoms with Crippen LogP contribution in [0.3, 0.4) is 0 Å². The minimum absolute atomic E-state index is 0.113. The van der Waals surface area contributed by atoms with Gasteiger partial charge in [-0.1, -0.05) is 0 Å². The number of anilines is 1. The van der Waals surface area contributed by atoms with Crippen molar-refractivity contribution >= 4 is 38.6 Å². The Labute approximate surface area is 174 Å². The molecule has 0 unspecified atom stereocenters. The number of nitrogens with zero attached hydrogens (tertiary/aromatic N) is 2. The number of methoxy groups -OCH3 is 1. The number of pyridine rings is 1. The predicted octanol–water partition coefficient (Wildman–Crippen LogP) is 4.68. The second-order valence-corrected chi connectivity index (χ2v) is 7.02. The summed E-state index contributed by atoms with van der Waals surface area (Å²) in [5.74, 6) is 1.49. The number of fused-ring (bicyclic) bond motifs is 1. The van der Waals surface area contributed by atoms with Crippen molar-refractivity contribution in [2.24, 2.45) is 0 Å². The lowest BCUT2D eigenvalue weighted by Crippen LogP contribution is -2.20. The maximum atomic E-state index is 12.2. The minimum Gasteiger partial charge on any atom is -0.497 e. The lowest BCUT2D eigenvalue weighted by atomic mass is 10.3. The topological polar surface area (TPSA) is 86.5 Å². The first kappa shape index (κ1) is 18.9. The van der Waals surface area contributed by atoms with Crippen LogP contribution >= 0.6 is 15.9 Å². The summed E-state index contributed by atoms with van der Waals surface area (Å²) in [6.45, 7) is -0.113. The van der Waals surface area contributed by atoms with Crippen molar-refractivity contribution in [3.63, 3.8) is 0 Å². The fourth-order valence-electron chi connectivity index (χ4n) is 2.68. The summed E-state index contributed by atoms with van der Waals surface area (Å²) < 4.78 is 17.2. The molecule has 0 aliphatic rings. The number of aromatic nitrogens is 2. The minimum atomic E-state index is -0.278. The molecule has 0 fully saturated rings. The highest BCUT2D eigenvalue weighted by Gasteiger charge is 2.11. The first-order valence-corrected chi connectivity index (χ1v) is 9.48. The molecule has 2 aromatic heterocycles. The lowest BCUT2D eigenvalue weighted by Gasteiger charge is -2.08. The molecule has 0 spiro atoms. The third-order valence-corrected chi connectivity index (χ3v) is 4.49. The Morgan fingerprint density at radius 3 is 2.66 bits per heavy atom. The Kier molecular flexibility index (Phi) is 5.44. The number of hydrogen-bond donors (Lipinski definition) is 1. The molecule has 7 nitrogen and oxygen atoms in total. The van der Waals surface area contributed by atoms with Gasteiger partial charge in [0.25, 0.3) is 5.91 Å². The van der Waals surface area contributed by atoms with Gasteiger partial charge in [-0.2, -0.15) is 0 Å². The van der Waals surface area contributed by atoms with Crippen LogP contribution in [0.1, 0.15) is 0 Å². The van der Waals surface area contributed by atoms with Gasteiger partial charge in [0.15, 0.2) is 12.2 Å². The molecule has 0 saturated heterocycles. The van der Waals surface area contributed by atoms with E-state index in [1.54, 1.807) is 62.0 Å². The Morgan fingerprint density at radius 2 is 1.90 bits per heavy atom. The average Bonchev–Trinajstić information content (AvgIpc) is 3.16. The lowest BCUT2D eigenvalue weighted by molar-refractivity contribution is -0.118. The van der Waals surface area contributed by atoms with Gasteiger partial charge in [0.2, 0.25) is 5.89 Å². The Hall–Kier alpha value is -3.39. The summed E-state index contributed by atoms with van der Waals surface area (Å²) in [6.07, 6.45) is 3.36. The Bertz CT molecular complexity index is 1160. The highest BCUT2D eigenvalue weighted by molar-refractivity contribution is 9.10. The molecular weight excluding hydrogens is 438 g/mol. The summed E-state index contributed by atoms with van der Waals surface area (Å²) in [4.78, 5) is 20.8. The number of carbonyl (C=O) groups excluding carboxylic acids is 1. The number of ether oxygens (including phenoxy) is 2. The molecule has 0 atom stereocenters. The number of oxazole rings is 1. The molecule has 0 bridgehead atoms. The zero-order valence-electron chi connectivity index (χ0n) is 15.4. The summed E-state index contributed by atoms with van der Waals surface area (Å²) in [5.41, 5.74) is 2.61. The molecule has 4 rings (SSSR count). The number of rotatable bonds is 6. The van der Waals surface area contributed by atoms with E-state index in [4.69, 9.17) is 13.9 Å². The molecule has 0 aliphatic carbocycles. The van der Waals surface area contributed by atoms with Gasteiger partial charge in [0.05, 0.1) is 12.7 Å². The zero-order chi connectivity index (χ0) is 20.2. The van der Waals surface area contributed by atoms with Gasteiger partial charge < -0.3 is 19.2 Å². The van der Waals surface area contributed by atoms with Gasteiger partial charge in [-0.15, -0.1) is 0 Å². The van der Waals surface area contributed by atoms with Crippen molar-refractivity contribution in [3.05, 3.63) is 65.4 Å². The van der Waals surface area contributed by atoms with E-state index in [0.717, 1.165) is 15.8 Å². The van der Waals surface area contributed by atoms with Crippen molar-refractivity contribution in [1.82, 2.24) is 9.97 Å². The fraction of sp³-hybridized carbons (Fsp3) is 0.0952. The van der Waals surface area contributed by atoms with Crippen LogP contribution in [-0.2, 0) is 4.79 Å². The van der Waals surface area contributed by atoms with Crippen LogP contribution in [0.25, 0.3) is 22.6 Å². The molecule has 2 heterocycles. The molecule has 0 radical (unpaired) electrons. The number of hydrogen-bond acceptors (Lipinski definition) is 6. The van der Waals surface area contributed by atoms with Gasteiger partial charge in [-0.3, -0.25) is 9.78 Å². The monoisotopic (exact) mass is 453 g/mol. The van der Waals surface area contributed by atoms with E-state index in [0.29, 0.717) is 28.4 Å². The van der Waals surface area contributed by atoms with Crippen LogP contribution in [0.4, 0.5) is 5.69 Å². The molecule has 4 aromatic rings. The van der Waals surface area contributed by atoms with Crippen LogP contribution in [0.2, 0.25) is 0 Å². The van der Waals surface area contributed by atoms with Crippen LogP contribution in [0.15, 0.2) is 69.8 Å². The van der Waals surface area contributed by atoms with E-state index in [1.807, 2.05) is 6.07 Å². The van der Waals surface area contributed by atoms with E-state index in [9.17, 15) is 4.79 Å². The smallest absolute Gasteiger partial charge is 0.262 e. The number of benzene rings is 2. The Morgan fingerprint density at radius 1 is 1.10 bits per heavy atom. The highest BCUT2D eigenvalue weighted by atomic mass is 79.9. The molecule has 29 heavy (non-hydrogen) atoms. The molecule has 1 N–H and O–H groups in total. The number of halogens is 1. The fourth-order valence-corrected chi connectivity index (χ4v) is 3.04. The van der Waals surface area contributed by atoms with Gasteiger partial charge in [-0.25, -0.2) is 4.98 Å². The standard InChI is InChI=1S/C21H16BrN3O4/c1-27-16-3-5-17(6-4-16)28-12-20(26)24-15-2-7-19-18(9-15)25-21(29-19)13-8-14(22)11-23-10-13/h2-11H,12H2,1H3,(H,24,26). The summed E-state index contributed by atoms with van der Waals surface area (Å²) >= 11 is 3.38. The highest BCUT2D eigenvalue weighted by Crippen LogP contribution is 2.27. The van der Waals surface area contributed by atoms with Crippen molar-refractivity contribution in [1.29, 1.82) is 0 Å². The summed E-state index contributed by atoms with van der Waals surface area (Å²) in [7, 11) is 1.59. The van der Waals surface area contributed by atoms with Gasteiger partial charge in [-0.05, 0) is 64.5 Å². The first-order chi connectivity index (χ1) is 14.1. The largest absolute Gasteiger partial charge is 0.497 e. The van der Waals surface area contributed by atoms with Gasteiger partial charge in [0, 0.05) is 22.6 Å². The third kappa shape index (κ3) is 4.55. The predicted molar refractivity (Wildman–Crippen MR) is 112 cm³/mol. The van der Waals surface area contributed by atoms with Crippen molar-refractivity contribution in [3.8, 4) is 23.0 Å². The van der Waals surface area contributed by atoms with Crippen molar-refractivity contribution < 1.29 is 18.7 Å². The molecule has 146 valence electrons. The van der Waals surface area contributed by atoms with Crippen LogP contribution in [-0.4, -0.2) is 29.6 Å². The average molecular weight is 454 g/mol. The van der Waals surface area contributed by atoms with E-state index < -0.39 is 0 Å².